The van der Waals surface area contributed by atoms with Gasteiger partial charge in [0.25, 0.3) is 7.82 Å². The standard InChI is InChI=1S/C80H149N2O7P/c1-7-10-13-16-19-22-25-28-30-32-34-36-38-40-41-43-45-47-49-51-53-55-58-61-64-67-70-73-80(84)89-78(71-68-65-62-59-56-27-24-21-18-15-12-9-3)77(76-88-90(85,86)87-75-74-82(4,5)6)81-79(83)72-69-66-63-60-57-54-52-50-48-46-44-42-39-37-35-33-31-29-26-23-20-17-14-11-8-2/h20,23,28-31,35,37,42,44,68,71,77-78H,7-19,21-22,24-27,32-34,36,38-41,43,45-67,69-70,72-76H2,1-6H3,(H-,81,83,85,86)/b23-20-,30-28+,31-29-,37-35-,44-42-,71-68+. The number of allylic oxidation sites excluding steroid dienone is 11. The Morgan fingerprint density at radius 2 is 0.678 bits per heavy atom. The third-order valence-corrected chi connectivity index (χ3v) is 18.3. The summed E-state index contributed by atoms with van der Waals surface area (Å²) in [6.07, 6.45) is 91.8. The fourth-order valence-electron chi connectivity index (χ4n) is 11.4. The quantitative estimate of drug-likeness (QED) is 0.0212. The Kier molecular flexibility index (Phi) is 67.3. The lowest BCUT2D eigenvalue weighted by atomic mass is 10.0. The molecule has 90 heavy (non-hydrogen) atoms. The van der Waals surface area contributed by atoms with Crippen LogP contribution in [0.1, 0.15) is 374 Å². The normalized spacial score (nSPS) is 13.8. The molecule has 3 unspecified atom stereocenters. The van der Waals surface area contributed by atoms with Crippen molar-refractivity contribution < 1.29 is 37.3 Å². The topological polar surface area (TPSA) is 114 Å². The number of hydrogen-bond donors (Lipinski definition) is 1. The third-order valence-electron chi connectivity index (χ3n) is 17.4. The first-order valence-corrected chi connectivity index (χ1v) is 40.2. The minimum atomic E-state index is -4.71. The monoisotopic (exact) mass is 1280 g/mol. The largest absolute Gasteiger partial charge is 0.756 e. The third kappa shape index (κ3) is 69.8. The first-order chi connectivity index (χ1) is 43.9. The molecule has 0 aliphatic heterocycles. The average molecular weight is 1280 g/mol. The summed E-state index contributed by atoms with van der Waals surface area (Å²) in [6.45, 7) is 6.85. The number of nitrogens with zero attached hydrogens (tertiary/aromatic N) is 1. The Morgan fingerprint density at radius 3 is 1.04 bits per heavy atom. The number of nitrogens with one attached hydrogen (secondary N) is 1. The summed E-state index contributed by atoms with van der Waals surface area (Å²) in [5, 5.41) is 3.05. The second-order valence-electron chi connectivity index (χ2n) is 27.5. The maximum atomic E-state index is 13.6. The van der Waals surface area contributed by atoms with Crippen molar-refractivity contribution in [2.24, 2.45) is 0 Å². The van der Waals surface area contributed by atoms with Gasteiger partial charge in [-0.15, -0.1) is 0 Å². The summed E-state index contributed by atoms with van der Waals surface area (Å²) >= 11 is 0. The van der Waals surface area contributed by atoms with Crippen LogP contribution in [-0.2, 0) is 27.9 Å². The summed E-state index contributed by atoms with van der Waals surface area (Å²) in [5.74, 6) is -0.534. The summed E-state index contributed by atoms with van der Waals surface area (Å²) in [7, 11) is 1.19. The first kappa shape index (κ1) is 87.5. The van der Waals surface area contributed by atoms with Gasteiger partial charge in [-0.05, 0) is 102 Å². The van der Waals surface area contributed by atoms with Gasteiger partial charge in [-0.1, -0.05) is 332 Å². The number of hydrogen-bond acceptors (Lipinski definition) is 7. The van der Waals surface area contributed by atoms with Crippen LogP contribution >= 0.6 is 7.82 Å². The van der Waals surface area contributed by atoms with Gasteiger partial charge < -0.3 is 28.5 Å². The highest BCUT2D eigenvalue weighted by atomic mass is 31.2. The van der Waals surface area contributed by atoms with Gasteiger partial charge >= 0.3 is 5.97 Å². The summed E-state index contributed by atoms with van der Waals surface area (Å²) in [5.41, 5.74) is 0. The lowest BCUT2D eigenvalue weighted by Crippen LogP contribution is -2.47. The lowest BCUT2D eigenvalue weighted by molar-refractivity contribution is -0.870. The molecule has 0 aliphatic carbocycles. The van der Waals surface area contributed by atoms with E-state index in [-0.39, 0.29) is 31.5 Å². The predicted molar refractivity (Wildman–Crippen MR) is 390 cm³/mol. The van der Waals surface area contributed by atoms with Gasteiger partial charge in [0.05, 0.1) is 33.8 Å². The highest BCUT2D eigenvalue weighted by molar-refractivity contribution is 7.45. The van der Waals surface area contributed by atoms with Gasteiger partial charge in [-0.25, -0.2) is 0 Å². The molecule has 9 nitrogen and oxygen atoms in total. The van der Waals surface area contributed by atoms with Crippen LogP contribution in [0.4, 0.5) is 0 Å². The molecule has 0 fully saturated rings. The number of unbranched alkanes of at least 4 members (excludes halogenated alkanes) is 45. The molecular weight excluding hydrogens is 1130 g/mol. The first-order valence-electron chi connectivity index (χ1n) is 38.7. The van der Waals surface area contributed by atoms with Crippen molar-refractivity contribution >= 4 is 19.7 Å². The number of phosphoric ester groups is 1. The number of ether oxygens (including phenoxy) is 1. The second kappa shape index (κ2) is 69.3. The lowest BCUT2D eigenvalue weighted by Gasteiger charge is -2.30. The molecule has 0 aromatic carbocycles. The van der Waals surface area contributed by atoms with Gasteiger partial charge in [0.2, 0.25) is 5.91 Å². The molecule has 0 aromatic heterocycles. The zero-order chi connectivity index (χ0) is 65.6. The Balaban J connectivity index is 4.96. The van der Waals surface area contributed by atoms with Crippen LogP contribution in [0.15, 0.2) is 72.9 Å². The van der Waals surface area contributed by atoms with E-state index in [1.165, 1.54) is 250 Å². The Morgan fingerprint density at radius 1 is 0.389 bits per heavy atom. The van der Waals surface area contributed by atoms with Crippen LogP contribution in [-0.4, -0.2) is 69.4 Å². The maximum Gasteiger partial charge on any atom is 0.306 e. The molecule has 0 spiro atoms. The maximum absolute atomic E-state index is 13.6. The Labute approximate surface area is 559 Å². The van der Waals surface area contributed by atoms with E-state index in [2.05, 4.69) is 86.8 Å². The van der Waals surface area contributed by atoms with E-state index in [0.717, 1.165) is 89.9 Å². The second-order valence-corrected chi connectivity index (χ2v) is 28.9. The number of likely N-dealkylation sites (N-methyl/N-ethyl adjacent to an activating group) is 1. The fourth-order valence-corrected chi connectivity index (χ4v) is 12.1. The van der Waals surface area contributed by atoms with E-state index in [1.807, 2.05) is 33.3 Å². The van der Waals surface area contributed by atoms with Crippen LogP contribution in [0, 0.1) is 0 Å². The molecule has 1 N–H and O–H groups in total. The average Bonchev–Trinajstić information content (AvgIpc) is 3.11. The Bertz CT molecular complexity index is 1770. The van der Waals surface area contributed by atoms with E-state index in [0.29, 0.717) is 17.4 Å². The molecule has 0 aliphatic rings. The number of carbonyl (C=O) groups is 2. The summed E-state index contributed by atoms with van der Waals surface area (Å²) in [4.78, 5) is 40.3. The van der Waals surface area contributed by atoms with Crippen molar-refractivity contribution in [1.82, 2.24) is 5.32 Å². The molecular formula is C80H149N2O7P. The van der Waals surface area contributed by atoms with E-state index < -0.39 is 20.0 Å². The minimum absolute atomic E-state index is 0.0241. The zero-order valence-corrected chi connectivity index (χ0v) is 61.2. The van der Waals surface area contributed by atoms with Crippen molar-refractivity contribution in [1.29, 1.82) is 0 Å². The van der Waals surface area contributed by atoms with Gasteiger partial charge in [-0.2, -0.15) is 0 Å². The summed E-state index contributed by atoms with van der Waals surface area (Å²) < 4.78 is 30.5. The molecule has 3 atom stereocenters. The van der Waals surface area contributed by atoms with E-state index >= 15 is 0 Å². The van der Waals surface area contributed by atoms with Crippen molar-refractivity contribution in [3.05, 3.63) is 72.9 Å². The predicted octanol–water partition coefficient (Wildman–Crippen LogP) is 24.4. The highest BCUT2D eigenvalue weighted by Crippen LogP contribution is 2.38. The number of quaternary nitrogens is 1. The van der Waals surface area contributed by atoms with Crippen LogP contribution in [0.5, 0.6) is 0 Å². The van der Waals surface area contributed by atoms with Crippen molar-refractivity contribution in [3.63, 3.8) is 0 Å². The van der Waals surface area contributed by atoms with E-state index in [4.69, 9.17) is 13.8 Å². The van der Waals surface area contributed by atoms with Crippen LogP contribution in [0.25, 0.3) is 0 Å². The summed E-state index contributed by atoms with van der Waals surface area (Å²) in [6, 6.07) is -0.894. The van der Waals surface area contributed by atoms with Crippen molar-refractivity contribution in [2.75, 3.05) is 40.9 Å². The van der Waals surface area contributed by atoms with E-state index in [9.17, 15) is 19.0 Å². The SMILES string of the molecule is CCCCC/C=C\C/C=C\C/C=C\C/C=C\CCCCCCCCCCCC(=O)NC(COP(=O)([O-])OCC[N+](C)(C)C)C(/C=C/CCCCCCCCCCCC)OC(=O)CCCCCCCCCCCCCCCCCCC/C=C/CCCCCCCC. The van der Waals surface area contributed by atoms with Gasteiger partial charge in [0.15, 0.2) is 0 Å². The number of rotatable bonds is 71. The highest BCUT2D eigenvalue weighted by Gasteiger charge is 2.27. The molecule has 0 radical (unpaired) electrons. The van der Waals surface area contributed by atoms with Gasteiger partial charge in [0.1, 0.15) is 19.3 Å². The van der Waals surface area contributed by atoms with Crippen molar-refractivity contribution in [3.8, 4) is 0 Å². The smallest absolute Gasteiger partial charge is 0.306 e. The molecule has 0 saturated carbocycles. The van der Waals surface area contributed by atoms with Crippen LogP contribution in [0.2, 0.25) is 0 Å². The van der Waals surface area contributed by atoms with Crippen LogP contribution in [0.3, 0.4) is 0 Å². The zero-order valence-electron chi connectivity index (χ0n) is 60.3. The molecule has 0 heterocycles. The molecule has 10 heteroatoms. The molecule has 0 rings (SSSR count). The number of phosphoric acid groups is 1. The molecule has 0 bridgehead atoms. The fraction of sp³-hybridized carbons (Fsp3) is 0.825. The van der Waals surface area contributed by atoms with Crippen molar-refractivity contribution in [2.45, 2.75) is 386 Å². The number of carbonyl (C=O) groups excluding carboxylic acids is 2. The van der Waals surface area contributed by atoms with Crippen LogP contribution < -0.4 is 10.2 Å². The number of amides is 1. The Hall–Kier alpha value is -2.55. The number of esters is 1. The van der Waals surface area contributed by atoms with Gasteiger partial charge in [-0.3, -0.25) is 14.2 Å². The molecule has 0 saturated heterocycles. The van der Waals surface area contributed by atoms with E-state index in [1.54, 1.807) is 0 Å². The minimum Gasteiger partial charge on any atom is -0.756 e. The molecule has 526 valence electrons. The van der Waals surface area contributed by atoms with Gasteiger partial charge in [0, 0.05) is 12.8 Å². The molecule has 1 amide bonds. The molecule has 0 aromatic rings.